The zero-order valence-electron chi connectivity index (χ0n) is 17.0. The molecule has 29 heavy (non-hydrogen) atoms. The molecule has 0 spiro atoms. The topological polar surface area (TPSA) is 43.9 Å². The minimum Gasteiger partial charge on any atom is -0.337 e. The maximum Gasteiger partial charge on any atom is 0.263 e. The van der Waals surface area contributed by atoms with Crippen molar-refractivity contribution in [2.75, 3.05) is 40.3 Å². The summed E-state index contributed by atoms with van der Waals surface area (Å²) in [7, 11) is 3.90. The average Bonchev–Trinajstić information content (AvgIpc) is 3.26. The number of piperidine rings is 1. The van der Waals surface area contributed by atoms with E-state index in [1.54, 1.807) is 28.0 Å². The summed E-state index contributed by atoms with van der Waals surface area (Å²) in [5.74, 6) is -0.555. The maximum atomic E-state index is 14.2. The first-order valence-electron chi connectivity index (χ1n) is 9.95. The smallest absolute Gasteiger partial charge is 0.263 e. The van der Waals surface area contributed by atoms with Gasteiger partial charge in [0.15, 0.2) is 0 Å². The summed E-state index contributed by atoms with van der Waals surface area (Å²) in [6.45, 7) is 2.56. The Kier molecular flexibility index (Phi) is 7.39. The number of hydrogen-bond donors (Lipinski definition) is 0. The van der Waals surface area contributed by atoms with Crippen LogP contribution in [-0.4, -0.2) is 66.8 Å². The molecule has 2 amide bonds. The van der Waals surface area contributed by atoms with Crippen LogP contribution in [0.4, 0.5) is 4.39 Å². The highest BCUT2D eigenvalue weighted by Crippen LogP contribution is 2.23. The molecule has 1 aliphatic rings. The van der Waals surface area contributed by atoms with Crippen molar-refractivity contribution in [2.45, 2.75) is 19.4 Å². The fourth-order valence-electron chi connectivity index (χ4n) is 3.60. The van der Waals surface area contributed by atoms with Gasteiger partial charge in [0.1, 0.15) is 5.82 Å². The predicted molar refractivity (Wildman–Crippen MR) is 113 cm³/mol. The van der Waals surface area contributed by atoms with Gasteiger partial charge in [0.05, 0.1) is 10.8 Å². The lowest BCUT2D eigenvalue weighted by Gasteiger charge is -2.35. The zero-order chi connectivity index (χ0) is 20.8. The Hall–Kier alpha value is -2.25. The van der Waals surface area contributed by atoms with E-state index in [2.05, 4.69) is 0 Å². The number of likely N-dealkylation sites (N-methyl/N-ethyl adjacent to an activating group) is 1. The molecule has 0 saturated carbocycles. The summed E-state index contributed by atoms with van der Waals surface area (Å²) in [4.78, 5) is 32.3. The zero-order valence-corrected chi connectivity index (χ0v) is 17.8. The number of benzene rings is 1. The van der Waals surface area contributed by atoms with Gasteiger partial charge in [-0.3, -0.25) is 9.59 Å². The van der Waals surface area contributed by atoms with E-state index in [1.165, 1.54) is 17.4 Å². The van der Waals surface area contributed by atoms with E-state index in [1.807, 2.05) is 36.5 Å². The van der Waals surface area contributed by atoms with Crippen LogP contribution in [0.5, 0.6) is 0 Å². The molecule has 0 aliphatic carbocycles. The molecule has 2 aromatic rings. The second-order valence-electron chi connectivity index (χ2n) is 7.72. The fraction of sp³-hybridized carbons (Fsp3) is 0.455. The van der Waals surface area contributed by atoms with Crippen LogP contribution in [0, 0.1) is 11.7 Å². The van der Waals surface area contributed by atoms with Crippen LogP contribution < -0.4 is 0 Å². The van der Waals surface area contributed by atoms with Gasteiger partial charge in [-0.25, -0.2) is 4.39 Å². The van der Waals surface area contributed by atoms with Crippen molar-refractivity contribution < 1.29 is 14.0 Å². The number of carbonyl (C=O) groups is 2. The Morgan fingerprint density at radius 2 is 1.97 bits per heavy atom. The van der Waals surface area contributed by atoms with Crippen molar-refractivity contribution >= 4 is 23.2 Å². The second-order valence-corrected chi connectivity index (χ2v) is 8.67. The van der Waals surface area contributed by atoms with Gasteiger partial charge < -0.3 is 14.7 Å². The summed E-state index contributed by atoms with van der Waals surface area (Å²) in [6.07, 6.45) is 1.55. The molecule has 3 rings (SSSR count). The van der Waals surface area contributed by atoms with E-state index >= 15 is 0 Å². The summed E-state index contributed by atoms with van der Waals surface area (Å²) in [5.41, 5.74) is 0.516. The number of likely N-dealkylation sites (tertiary alicyclic amines) is 1. The minimum absolute atomic E-state index is 0.00113. The lowest BCUT2D eigenvalue weighted by atomic mass is 9.96. The molecule has 0 bridgehead atoms. The number of rotatable bonds is 7. The summed E-state index contributed by atoms with van der Waals surface area (Å²) in [6, 6.07) is 10.3. The molecule has 1 fully saturated rings. The van der Waals surface area contributed by atoms with Gasteiger partial charge in [0.25, 0.3) is 5.91 Å². The normalized spacial score (nSPS) is 16.8. The maximum absolute atomic E-state index is 14.2. The first-order valence-corrected chi connectivity index (χ1v) is 10.8. The van der Waals surface area contributed by atoms with Gasteiger partial charge in [-0.15, -0.1) is 11.3 Å². The lowest BCUT2D eigenvalue weighted by molar-refractivity contribution is -0.137. The second kappa shape index (κ2) is 9.98. The van der Waals surface area contributed by atoms with Crippen LogP contribution in [0.2, 0.25) is 0 Å². The molecule has 5 nitrogen and oxygen atoms in total. The molecule has 2 heterocycles. The highest BCUT2D eigenvalue weighted by molar-refractivity contribution is 7.12. The number of nitrogens with zero attached hydrogens (tertiary/aromatic N) is 3. The predicted octanol–water partition coefficient (Wildman–Crippen LogP) is 3.33. The number of amides is 2. The fourth-order valence-corrected chi connectivity index (χ4v) is 4.29. The van der Waals surface area contributed by atoms with E-state index in [-0.39, 0.29) is 30.1 Å². The Morgan fingerprint density at radius 3 is 2.66 bits per heavy atom. The van der Waals surface area contributed by atoms with Gasteiger partial charge in [-0.05, 0) is 44.4 Å². The van der Waals surface area contributed by atoms with Crippen LogP contribution in [0.15, 0.2) is 41.8 Å². The first-order chi connectivity index (χ1) is 14.0. The van der Waals surface area contributed by atoms with Crippen molar-refractivity contribution in [3.05, 3.63) is 58.0 Å². The number of carbonyl (C=O) groups excluding carboxylic acids is 2. The van der Waals surface area contributed by atoms with E-state index in [4.69, 9.17) is 0 Å². The van der Waals surface area contributed by atoms with Crippen LogP contribution in [0.3, 0.4) is 0 Å². The Morgan fingerprint density at radius 1 is 1.17 bits per heavy atom. The third-order valence-corrected chi connectivity index (χ3v) is 6.10. The standard InChI is InChI=1S/C22H28FN3O2S/c1-24(2)12-13-26(15-17-7-3-4-9-19(17)23)21(27)18-8-5-11-25(16-18)22(28)20-10-6-14-29-20/h3-4,6-7,9-10,14,18H,5,8,11-13,15-16H2,1-2H3. The van der Waals surface area contributed by atoms with Crippen molar-refractivity contribution in [1.82, 2.24) is 14.7 Å². The van der Waals surface area contributed by atoms with Gasteiger partial charge >= 0.3 is 0 Å². The third-order valence-electron chi connectivity index (χ3n) is 5.24. The quantitative estimate of drug-likeness (QED) is 0.694. The number of thiophene rings is 1. The van der Waals surface area contributed by atoms with Gasteiger partial charge in [0.2, 0.25) is 5.91 Å². The molecule has 156 valence electrons. The largest absolute Gasteiger partial charge is 0.337 e. The molecule has 0 radical (unpaired) electrons. The van der Waals surface area contributed by atoms with Crippen molar-refractivity contribution in [1.29, 1.82) is 0 Å². The number of halogens is 1. The molecule has 1 aromatic carbocycles. The molecule has 1 unspecified atom stereocenters. The van der Waals surface area contributed by atoms with E-state index in [0.717, 1.165) is 12.8 Å². The van der Waals surface area contributed by atoms with Crippen LogP contribution in [-0.2, 0) is 11.3 Å². The van der Waals surface area contributed by atoms with E-state index in [0.29, 0.717) is 36.6 Å². The van der Waals surface area contributed by atoms with Crippen molar-refractivity contribution in [2.24, 2.45) is 5.92 Å². The summed E-state index contributed by atoms with van der Waals surface area (Å²) >= 11 is 1.42. The Balaban J connectivity index is 1.71. The monoisotopic (exact) mass is 417 g/mol. The van der Waals surface area contributed by atoms with Crippen molar-refractivity contribution in [3.63, 3.8) is 0 Å². The summed E-state index contributed by atoms with van der Waals surface area (Å²) in [5, 5.41) is 1.89. The lowest BCUT2D eigenvalue weighted by Crippen LogP contribution is -2.47. The molecule has 7 heteroatoms. The SMILES string of the molecule is CN(C)CCN(Cc1ccccc1F)C(=O)C1CCCN(C(=O)c2cccs2)C1. The molecule has 1 atom stereocenters. The van der Waals surface area contributed by atoms with Crippen LogP contribution in [0.1, 0.15) is 28.1 Å². The Bertz CT molecular complexity index is 825. The highest BCUT2D eigenvalue weighted by atomic mass is 32.1. The molecule has 0 N–H and O–H groups in total. The highest BCUT2D eigenvalue weighted by Gasteiger charge is 2.32. The average molecular weight is 418 g/mol. The molecular weight excluding hydrogens is 389 g/mol. The van der Waals surface area contributed by atoms with Crippen molar-refractivity contribution in [3.8, 4) is 0 Å². The Labute approximate surface area is 175 Å². The first kappa shape index (κ1) is 21.5. The van der Waals surface area contributed by atoms with Crippen LogP contribution in [0.25, 0.3) is 0 Å². The van der Waals surface area contributed by atoms with E-state index in [9.17, 15) is 14.0 Å². The van der Waals surface area contributed by atoms with Gasteiger partial charge in [0, 0.05) is 38.3 Å². The third kappa shape index (κ3) is 5.64. The van der Waals surface area contributed by atoms with Gasteiger partial charge in [-0.1, -0.05) is 24.3 Å². The molecule has 1 saturated heterocycles. The van der Waals surface area contributed by atoms with E-state index < -0.39 is 0 Å². The molecule has 1 aromatic heterocycles. The molecular formula is C22H28FN3O2S. The molecule has 1 aliphatic heterocycles. The van der Waals surface area contributed by atoms with Crippen LogP contribution >= 0.6 is 11.3 Å². The number of hydrogen-bond acceptors (Lipinski definition) is 4. The minimum atomic E-state index is -0.298. The summed E-state index contributed by atoms with van der Waals surface area (Å²) < 4.78 is 14.2. The van der Waals surface area contributed by atoms with Gasteiger partial charge in [-0.2, -0.15) is 0 Å².